The van der Waals surface area contributed by atoms with Crippen LogP contribution in [0.2, 0.25) is 0 Å². The molecular weight excluding hydrogens is 252 g/mol. The van der Waals surface area contributed by atoms with Gasteiger partial charge in [0.05, 0.1) is 6.61 Å². The first-order valence-corrected chi connectivity index (χ1v) is 7.83. The van der Waals surface area contributed by atoms with E-state index in [9.17, 15) is 4.79 Å². The first kappa shape index (κ1) is 15.3. The molecule has 20 heavy (non-hydrogen) atoms. The Morgan fingerprint density at radius 3 is 2.85 bits per heavy atom. The van der Waals surface area contributed by atoms with E-state index in [0.29, 0.717) is 18.5 Å². The molecule has 4 nitrogen and oxygen atoms in total. The number of aliphatic hydroxyl groups excluding tert-OH is 1. The quantitative estimate of drug-likeness (QED) is 0.783. The summed E-state index contributed by atoms with van der Waals surface area (Å²) in [5, 5.41) is 9.16. The lowest BCUT2D eigenvalue weighted by atomic mass is 9.83. The summed E-state index contributed by atoms with van der Waals surface area (Å²) in [5.74, 6) is 5.67. The summed E-state index contributed by atoms with van der Waals surface area (Å²) < 4.78 is 0. The molecule has 2 aliphatic heterocycles. The van der Waals surface area contributed by atoms with Gasteiger partial charge in [-0.3, -0.25) is 4.79 Å². The Morgan fingerprint density at radius 2 is 2.10 bits per heavy atom. The zero-order valence-electron chi connectivity index (χ0n) is 12.5. The van der Waals surface area contributed by atoms with Gasteiger partial charge in [0.15, 0.2) is 0 Å². The summed E-state index contributed by atoms with van der Waals surface area (Å²) in [7, 11) is 0. The van der Waals surface area contributed by atoms with Gasteiger partial charge < -0.3 is 14.9 Å². The van der Waals surface area contributed by atoms with Crippen molar-refractivity contribution in [2.75, 3.05) is 32.8 Å². The normalized spacial score (nSPS) is 26.3. The van der Waals surface area contributed by atoms with E-state index in [1.54, 1.807) is 11.8 Å². The molecule has 0 spiro atoms. The molecule has 2 atom stereocenters. The van der Waals surface area contributed by atoms with Crippen LogP contribution in [0.4, 0.5) is 0 Å². The van der Waals surface area contributed by atoms with Crippen molar-refractivity contribution in [2.45, 2.75) is 45.1 Å². The van der Waals surface area contributed by atoms with E-state index in [1.807, 2.05) is 0 Å². The molecule has 0 aliphatic carbocycles. The Labute approximate surface area is 122 Å². The number of rotatable bonds is 4. The number of piperidine rings is 2. The van der Waals surface area contributed by atoms with Crippen molar-refractivity contribution in [3.05, 3.63) is 0 Å². The van der Waals surface area contributed by atoms with Crippen LogP contribution in [0.25, 0.3) is 0 Å². The molecule has 1 amide bonds. The second-order valence-electron chi connectivity index (χ2n) is 5.85. The highest BCUT2D eigenvalue weighted by molar-refractivity contribution is 5.93. The lowest BCUT2D eigenvalue weighted by molar-refractivity contribution is -0.127. The first-order chi connectivity index (χ1) is 9.76. The van der Waals surface area contributed by atoms with Gasteiger partial charge in [-0.05, 0) is 57.5 Å². The third kappa shape index (κ3) is 3.74. The second kappa shape index (κ2) is 7.66. The van der Waals surface area contributed by atoms with E-state index in [2.05, 4.69) is 16.7 Å². The van der Waals surface area contributed by atoms with Crippen LogP contribution in [0.3, 0.4) is 0 Å². The van der Waals surface area contributed by atoms with E-state index in [-0.39, 0.29) is 12.5 Å². The van der Waals surface area contributed by atoms with Crippen LogP contribution in [0.15, 0.2) is 0 Å². The number of aliphatic hydroxyl groups is 1. The third-order valence-electron chi connectivity index (χ3n) is 4.57. The van der Waals surface area contributed by atoms with E-state index in [4.69, 9.17) is 5.11 Å². The maximum atomic E-state index is 12.0. The van der Waals surface area contributed by atoms with Gasteiger partial charge in [0.25, 0.3) is 5.91 Å². The topological polar surface area (TPSA) is 43.8 Å². The van der Waals surface area contributed by atoms with Gasteiger partial charge in [-0.1, -0.05) is 12.3 Å². The number of carbonyl (C=O) groups is 1. The van der Waals surface area contributed by atoms with E-state index >= 15 is 0 Å². The Balaban J connectivity index is 2.00. The van der Waals surface area contributed by atoms with Crippen molar-refractivity contribution in [3.8, 4) is 11.8 Å². The van der Waals surface area contributed by atoms with E-state index < -0.39 is 0 Å². The molecule has 2 aliphatic rings. The molecule has 2 saturated heterocycles. The molecule has 1 N–H and O–H groups in total. The fraction of sp³-hybridized carbons (Fsp3) is 0.812. The molecule has 0 aromatic heterocycles. The zero-order chi connectivity index (χ0) is 14.4. The molecule has 2 unspecified atom stereocenters. The summed E-state index contributed by atoms with van der Waals surface area (Å²) >= 11 is 0. The maximum Gasteiger partial charge on any atom is 0.298 e. The minimum absolute atomic E-state index is 0.0121. The summed E-state index contributed by atoms with van der Waals surface area (Å²) in [4.78, 5) is 16.3. The molecule has 2 heterocycles. The minimum atomic E-state index is -0.144. The van der Waals surface area contributed by atoms with Crippen LogP contribution in [0.1, 0.15) is 39.0 Å². The van der Waals surface area contributed by atoms with Crippen LogP contribution in [-0.2, 0) is 4.79 Å². The van der Waals surface area contributed by atoms with Gasteiger partial charge in [-0.15, -0.1) is 0 Å². The number of amides is 1. The van der Waals surface area contributed by atoms with E-state index in [1.165, 1.54) is 45.2 Å². The summed E-state index contributed by atoms with van der Waals surface area (Å²) in [5.41, 5.74) is 0. The fourth-order valence-corrected chi connectivity index (χ4v) is 3.66. The number of hydrogen-bond acceptors (Lipinski definition) is 3. The average molecular weight is 278 g/mol. The largest absolute Gasteiger partial charge is 0.395 e. The number of fused-ring (bicyclic) bond motifs is 1. The molecule has 2 fully saturated rings. The second-order valence-corrected chi connectivity index (χ2v) is 5.85. The standard InChI is InChI=1S/C16H26N2O2/c1-2-6-16(20)18(11-12-19)13-14-7-5-10-17-9-4-3-8-15(14)17/h14-15,19H,3-5,7-13H2,1H3. The first-order valence-electron chi connectivity index (χ1n) is 7.83. The van der Waals surface area contributed by atoms with Crippen molar-refractivity contribution >= 4 is 5.91 Å². The van der Waals surface area contributed by atoms with Gasteiger partial charge in [-0.25, -0.2) is 0 Å². The Morgan fingerprint density at radius 1 is 1.30 bits per heavy atom. The number of nitrogens with zero attached hydrogens (tertiary/aromatic N) is 2. The van der Waals surface area contributed by atoms with Crippen molar-refractivity contribution in [1.82, 2.24) is 9.80 Å². The average Bonchev–Trinajstić information content (AvgIpc) is 2.47. The van der Waals surface area contributed by atoms with Crippen LogP contribution in [0, 0.1) is 17.8 Å². The smallest absolute Gasteiger partial charge is 0.298 e. The maximum absolute atomic E-state index is 12.0. The molecule has 0 saturated carbocycles. The third-order valence-corrected chi connectivity index (χ3v) is 4.57. The Hall–Kier alpha value is -1.05. The van der Waals surface area contributed by atoms with Crippen molar-refractivity contribution in [3.63, 3.8) is 0 Å². The van der Waals surface area contributed by atoms with Gasteiger partial charge in [0.1, 0.15) is 0 Å². The van der Waals surface area contributed by atoms with Gasteiger partial charge >= 0.3 is 0 Å². The van der Waals surface area contributed by atoms with Crippen LogP contribution >= 0.6 is 0 Å². The van der Waals surface area contributed by atoms with Crippen LogP contribution in [-0.4, -0.2) is 59.6 Å². The predicted molar refractivity (Wildman–Crippen MR) is 79.1 cm³/mol. The van der Waals surface area contributed by atoms with Crippen molar-refractivity contribution in [1.29, 1.82) is 0 Å². The minimum Gasteiger partial charge on any atom is -0.395 e. The molecule has 2 rings (SSSR count). The Kier molecular flexibility index (Phi) is 5.87. The highest BCUT2D eigenvalue weighted by Crippen LogP contribution is 2.31. The fourth-order valence-electron chi connectivity index (χ4n) is 3.66. The molecule has 0 radical (unpaired) electrons. The van der Waals surface area contributed by atoms with Crippen molar-refractivity contribution < 1.29 is 9.90 Å². The zero-order valence-corrected chi connectivity index (χ0v) is 12.5. The molecular formula is C16H26N2O2. The SMILES string of the molecule is CC#CC(=O)N(CCO)CC1CCCN2CCCCC12. The summed E-state index contributed by atoms with van der Waals surface area (Å²) in [6.07, 6.45) is 6.28. The molecule has 0 aromatic rings. The van der Waals surface area contributed by atoms with E-state index in [0.717, 1.165) is 6.54 Å². The van der Waals surface area contributed by atoms with Gasteiger partial charge in [0.2, 0.25) is 0 Å². The van der Waals surface area contributed by atoms with Crippen LogP contribution < -0.4 is 0 Å². The lowest BCUT2D eigenvalue weighted by Crippen LogP contribution is -2.51. The summed E-state index contributed by atoms with van der Waals surface area (Å²) in [6, 6.07) is 0.626. The predicted octanol–water partition coefficient (Wildman–Crippen LogP) is 1.10. The highest BCUT2D eigenvalue weighted by atomic mass is 16.3. The number of carbonyl (C=O) groups excluding carboxylic acids is 1. The van der Waals surface area contributed by atoms with Crippen LogP contribution in [0.5, 0.6) is 0 Å². The monoisotopic (exact) mass is 278 g/mol. The number of hydrogen-bond donors (Lipinski definition) is 1. The lowest BCUT2D eigenvalue weighted by Gasteiger charge is -2.45. The highest BCUT2D eigenvalue weighted by Gasteiger charge is 2.34. The molecule has 0 aromatic carbocycles. The molecule has 112 valence electrons. The summed E-state index contributed by atoms with van der Waals surface area (Å²) in [6.45, 7) is 5.26. The molecule has 0 bridgehead atoms. The van der Waals surface area contributed by atoms with Gasteiger partial charge in [-0.2, -0.15) is 0 Å². The Bertz CT molecular complexity index is 384. The van der Waals surface area contributed by atoms with Crippen molar-refractivity contribution in [2.24, 2.45) is 5.92 Å². The molecule has 4 heteroatoms. The van der Waals surface area contributed by atoms with Gasteiger partial charge in [0, 0.05) is 19.1 Å².